The molecule has 1 amide bonds. The van der Waals surface area contributed by atoms with Gasteiger partial charge in [0.15, 0.2) is 0 Å². The van der Waals surface area contributed by atoms with Crippen molar-refractivity contribution in [2.24, 2.45) is 0 Å². The molecule has 0 atom stereocenters. The molecule has 2 aromatic rings. The first-order valence-corrected chi connectivity index (χ1v) is 9.03. The van der Waals surface area contributed by atoms with Gasteiger partial charge in [-0.2, -0.15) is 5.26 Å². The van der Waals surface area contributed by atoms with Gasteiger partial charge in [0.05, 0.1) is 29.1 Å². The zero-order valence-corrected chi connectivity index (χ0v) is 14.1. The Morgan fingerprint density at radius 2 is 1.83 bits per heavy atom. The third kappa shape index (κ3) is 4.83. The molecule has 0 aliphatic rings. The molecule has 0 bridgehead atoms. The molecule has 0 saturated heterocycles. The van der Waals surface area contributed by atoms with Crippen molar-refractivity contribution in [2.75, 3.05) is 11.0 Å². The number of nitrogens with one attached hydrogen (secondary N) is 2. The van der Waals surface area contributed by atoms with Crippen LogP contribution >= 0.6 is 0 Å². The fourth-order valence-corrected chi connectivity index (χ4v) is 2.69. The molecule has 24 heavy (non-hydrogen) atoms. The van der Waals surface area contributed by atoms with Crippen LogP contribution in [0.1, 0.15) is 27.0 Å². The summed E-state index contributed by atoms with van der Waals surface area (Å²) < 4.78 is 25.2. The summed E-state index contributed by atoms with van der Waals surface area (Å²) in [7, 11) is -3.48. The van der Waals surface area contributed by atoms with Gasteiger partial charge in [0.1, 0.15) is 0 Å². The summed E-state index contributed by atoms with van der Waals surface area (Å²) in [5.41, 5.74) is 2.73. The van der Waals surface area contributed by atoms with Crippen molar-refractivity contribution in [3.63, 3.8) is 0 Å². The van der Waals surface area contributed by atoms with Crippen LogP contribution in [-0.4, -0.2) is 20.6 Å². The molecule has 2 rings (SSSR count). The zero-order valence-electron chi connectivity index (χ0n) is 13.3. The highest BCUT2D eigenvalue weighted by Gasteiger charge is 2.14. The number of sulfonamides is 1. The molecule has 0 aliphatic heterocycles. The number of carbonyl (C=O) groups excluding carboxylic acids is 1. The molecule has 6 nitrogen and oxygen atoms in total. The molecule has 0 aliphatic carbocycles. The van der Waals surface area contributed by atoms with Crippen molar-refractivity contribution in [3.8, 4) is 6.07 Å². The second kappa shape index (κ2) is 7.15. The zero-order chi connectivity index (χ0) is 17.7. The molecule has 7 heteroatoms. The van der Waals surface area contributed by atoms with Crippen molar-refractivity contribution in [1.82, 2.24) is 5.32 Å². The highest BCUT2D eigenvalue weighted by molar-refractivity contribution is 7.92. The van der Waals surface area contributed by atoms with E-state index in [9.17, 15) is 13.2 Å². The summed E-state index contributed by atoms with van der Waals surface area (Å²) in [5, 5.41) is 11.5. The van der Waals surface area contributed by atoms with Crippen LogP contribution in [0.25, 0.3) is 0 Å². The summed E-state index contributed by atoms with van der Waals surface area (Å²) in [6.07, 6.45) is 1.03. The van der Waals surface area contributed by atoms with E-state index in [1.165, 1.54) is 0 Å². The highest BCUT2D eigenvalue weighted by Crippen LogP contribution is 2.18. The molecule has 0 radical (unpaired) electrons. The minimum atomic E-state index is -3.48. The Balaban J connectivity index is 2.16. The standard InChI is InChI=1S/C17H17N3O3S/c1-12-3-8-16(20-24(2,22)23)15(9-12)17(21)19-11-14-6-4-13(10-18)5-7-14/h3-9,20H,11H2,1-2H3,(H,19,21). The predicted molar refractivity (Wildman–Crippen MR) is 92.0 cm³/mol. The first-order chi connectivity index (χ1) is 11.3. The van der Waals surface area contributed by atoms with Crippen LogP contribution in [0.2, 0.25) is 0 Å². The summed E-state index contributed by atoms with van der Waals surface area (Å²) in [5.74, 6) is -0.380. The van der Waals surface area contributed by atoms with Gasteiger partial charge in [-0.3, -0.25) is 9.52 Å². The molecule has 2 aromatic carbocycles. The van der Waals surface area contributed by atoms with E-state index in [0.717, 1.165) is 17.4 Å². The lowest BCUT2D eigenvalue weighted by atomic mass is 10.1. The second-order valence-electron chi connectivity index (χ2n) is 5.41. The molecule has 0 heterocycles. The van der Waals surface area contributed by atoms with Crippen LogP contribution in [0.5, 0.6) is 0 Å². The number of nitrogens with zero attached hydrogens (tertiary/aromatic N) is 1. The number of aryl methyl sites for hydroxylation is 1. The molecule has 0 spiro atoms. The van der Waals surface area contributed by atoms with Gasteiger partial charge in [-0.25, -0.2) is 8.42 Å². The van der Waals surface area contributed by atoms with Gasteiger partial charge in [-0.05, 0) is 36.8 Å². The molecule has 0 aromatic heterocycles. The van der Waals surface area contributed by atoms with Gasteiger partial charge >= 0.3 is 0 Å². The van der Waals surface area contributed by atoms with Gasteiger partial charge in [0, 0.05) is 6.54 Å². The lowest BCUT2D eigenvalue weighted by molar-refractivity contribution is 0.0951. The van der Waals surface area contributed by atoms with Crippen molar-refractivity contribution < 1.29 is 13.2 Å². The quantitative estimate of drug-likeness (QED) is 0.869. The Bertz CT molecular complexity index is 898. The first kappa shape index (κ1) is 17.5. The first-order valence-electron chi connectivity index (χ1n) is 7.14. The molecular formula is C17H17N3O3S. The fraction of sp³-hybridized carbons (Fsp3) is 0.176. The Morgan fingerprint density at radius 1 is 1.17 bits per heavy atom. The van der Waals surface area contributed by atoms with Crippen molar-refractivity contribution in [1.29, 1.82) is 5.26 Å². The second-order valence-corrected chi connectivity index (χ2v) is 7.16. The van der Waals surface area contributed by atoms with Crippen LogP contribution in [-0.2, 0) is 16.6 Å². The van der Waals surface area contributed by atoms with E-state index in [1.807, 2.05) is 13.0 Å². The van der Waals surface area contributed by atoms with E-state index in [1.54, 1.807) is 42.5 Å². The molecular weight excluding hydrogens is 326 g/mol. The lowest BCUT2D eigenvalue weighted by Crippen LogP contribution is -2.24. The van der Waals surface area contributed by atoms with Crippen molar-refractivity contribution in [3.05, 3.63) is 64.7 Å². The summed E-state index contributed by atoms with van der Waals surface area (Å²) in [6, 6.07) is 13.8. The molecule has 2 N–H and O–H groups in total. The minimum absolute atomic E-state index is 0.237. The van der Waals surface area contributed by atoms with E-state index < -0.39 is 10.0 Å². The minimum Gasteiger partial charge on any atom is -0.348 e. The lowest BCUT2D eigenvalue weighted by Gasteiger charge is -2.12. The van der Waals surface area contributed by atoms with Crippen molar-refractivity contribution in [2.45, 2.75) is 13.5 Å². The van der Waals surface area contributed by atoms with E-state index in [2.05, 4.69) is 10.0 Å². The van der Waals surface area contributed by atoms with E-state index in [0.29, 0.717) is 5.56 Å². The smallest absolute Gasteiger partial charge is 0.253 e. The number of nitriles is 1. The molecule has 0 fully saturated rings. The Kier molecular flexibility index (Phi) is 5.21. The predicted octanol–water partition coefficient (Wildman–Crippen LogP) is 2.17. The van der Waals surface area contributed by atoms with Gasteiger partial charge in [0.25, 0.3) is 5.91 Å². The normalized spacial score (nSPS) is 10.7. The Hall–Kier alpha value is -2.85. The maximum Gasteiger partial charge on any atom is 0.253 e. The maximum atomic E-state index is 12.4. The number of anilines is 1. The van der Waals surface area contributed by atoms with Gasteiger partial charge < -0.3 is 5.32 Å². The average Bonchev–Trinajstić information content (AvgIpc) is 2.53. The number of benzene rings is 2. The van der Waals surface area contributed by atoms with Crippen LogP contribution in [0, 0.1) is 18.3 Å². The molecule has 0 unspecified atom stereocenters. The van der Waals surface area contributed by atoms with Gasteiger partial charge in [-0.15, -0.1) is 0 Å². The van der Waals surface area contributed by atoms with Gasteiger partial charge in [0.2, 0.25) is 10.0 Å². The number of rotatable bonds is 5. The summed E-state index contributed by atoms with van der Waals surface area (Å²) >= 11 is 0. The van der Waals surface area contributed by atoms with E-state index >= 15 is 0 Å². The molecule has 124 valence electrons. The number of hydrogen-bond donors (Lipinski definition) is 2. The van der Waals surface area contributed by atoms with Crippen LogP contribution in [0.3, 0.4) is 0 Å². The monoisotopic (exact) mass is 343 g/mol. The molecule has 0 saturated carbocycles. The largest absolute Gasteiger partial charge is 0.348 e. The number of carbonyl (C=O) groups is 1. The van der Waals surface area contributed by atoms with E-state index in [-0.39, 0.29) is 23.7 Å². The Morgan fingerprint density at radius 3 is 2.42 bits per heavy atom. The average molecular weight is 343 g/mol. The van der Waals surface area contributed by atoms with E-state index in [4.69, 9.17) is 5.26 Å². The number of amides is 1. The maximum absolute atomic E-state index is 12.4. The third-order valence-corrected chi connectivity index (χ3v) is 3.84. The highest BCUT2D eigenvalue weighted by atomic mass is 32.2. The fourth-order valence-electron chi connectivity index (χ4n) is 2.11. The third-order valence-electron chi connectivity index (χ3n) is 3.25. The summed E-state index contributed by atoms with van der Waals surface area (Å²) in [6.45, 7) is 2.10. The number of hydrogen-bond acceptors (Lipinski definition) is 4. The Labute approximate surface area is 141 Å². The van der Waals surface area contributed by atoms with Crippen molar-refractivity contribution >= 4 is 21.6 Å². The summed E-state index contributed by atoms with van der Waals surface area (Å²) in [4.78, 5) is 12.4. The van der Waals surface area contributed by atoms with Crippen LogP contribution < -0.4 is 10.0 Å². The van der Waals surface area contributed by atoms with Crippen LogP contribution in [0.15, 0.2) is 42.5 Å². The SMILES string of the molecule is Cc1ccc(NS(C)(=O)=O)c(C(=O)NCc2ccc(C#N)cc2)c1. The topological polar surface area (TPSA) is 99.1 Å². The van der Waals surface area contributed by atoms with Gasteiger partial charge in [-0.1, -0.05) is 23.8 Å². The van der Waals surface area contributed by atoms with Crippen LogP contribution in [0.4, 0.5) is 5.69 Å².